The third-order valence-corrected chi connectivity index (χ3v) is 3.64. The number of fused-ring (bicyclic) bond motifs is 1. The molecule has 0 N–H and O–H groups in total. The van der Waals surface area contributed by atoms with Gasteiger partial charge in [0.2, 0.25) is 0 Å². The molecule has 0 bridgehead atoms. The normalized spacial score (nSPS) is 10.6. The van der Waals surface area contributed by atoms with E-state index in [2.05, 4.69) is 0 Å². The first-order valence-electron chi connectivity index (χ1n) is 7.50. The zero-order valence-electron chi connectivity index (χ0n) is 13.4. The number of nitrogens with zero attached hydrogens (tertiary/aromatic N) is 1. The van der Waals surface area contributed by atoms with Crippen molar-refractivity contribution < 1.29 is 23.5 Å². The summed E-state index contributed by atoms with van der Waals surface area (Å²) in [6, 6.07) is 13.2. The number of benzene rings is 2. The first-order chi connectivity index (χ1) is 12.1. The second-order valence-electron chi connectivity index (χ2n) is 5.23. The van der Waals surface area contributed by atoms with E-state index >= 15 is 0 Å². The van der Waals surface area contributed by atoms with Crippen LogP contribution in [0.2, 0.25) is 0 Å². The van der Waals surface area contributed by atoms with Crippen molar-refractivity contribution in [3.63, 3.8) is 0 Å². The number of hydrogen-bond acceptors (Lipinski definition) is 6. The molecule has 0 saturated carbocycles. The number of oxazole rings is 1. The molecule has 128 valence electrons. The Hall–Kier alpha value is -3.35. The van der Waals surface area contributed by atoms with E-state index in [1.165, 1.54) is 7.11 Å². The summed E-state index contributed by atoms with van der Waals surface area (Å²) in [5.74, 6) is -1.07. The molecule has 0 atom stereocenters. The lowest BCUT2D eigenvalue weighted by Gasteiger charge is -2.06. The van der Waals surface area contributed by atoms with Crippen LogP contribution in [-0.2, 0) is 16.1 Å². The molecule has 0 aliphatic carbocycles. The number of rotatable bonds is 6. The number of carbonyl (C=O) groups excluding carboxylic acids is 2. The fourth-order valence-corrected chi connectivity index (χ4v) is 2.34. The molecular formula is C18H15NO6. The molecular weight excluding hydrogens is 326 g/mol. The SMILES string of the molecule is COc1ccc(C(=O)COC(=O)Cn2c(=O)oc3ccccc32)cc1. The second-order valence-corrected chi connectivity index (χ2v) is 5.23. The molecule has 0 unspecified atom stereocenters. The number of hydrogen-bond donors (Lipinski definition) is 0. The predicted molar refractivity (Wildman–Crippen MR) is 88.8 cm³/mol. The van der Waals surface area contributed by atoms with Crippen LogP contribution in [-0.4, -0.2) is 30.0 Å². The van der Waals surface area contributed by atoms with Gasteiger partial charge < -0.3 is 13.9 Å². The Balaban J connectivity index is 1.63. The summed E-state index contributed by atoms with van der Waals surface area (Å²) in [5.41, 5.74) is 1.28. The number of methoxy groups -OCH3 is 1. The van der Waals surface area contributed by atoms with Gasteiger partial charge in [-0.2, -0.15) is 0 Å². The molecule has 0 fully saturated rings. The summed E-state index contributed by atoms with van der Waals surface area (Å²) in [4.78, 5) is 35.8. The lowest BCUT2D eigenvalue weighted by molar-refractivity contribution is -0.143. The van der Waals surface area contributed by atoms with Crippen molar-refractivity contribution in [2.24, 2.45) is 0 Å². The highest BCUT2D eigenvalue weighted by molar-refractivity contribution is 5.98. The zero-order valence-corrected chi connectivity index (χ0v) is 13.4. The van der Waals surface area contributed by atoms with Gasteiger partial charge in [0.1, 0.15) is 12.3 Å². The fraction of sp³-hybridized carbons (Fsp3) is 0.167. The number of carbonyl (C=O) groups is 2. The van der Waals surface area contributed by atoms with E-state index in [9.17, 15) is 14.4 Å². The predicted octanol–water partition coefficient (Wildman–Crippen LogP) is 2.03. The maximum Gasteiger partial charge on any atom is 0.420 e. The van der Waals surface area contributed by atoms with Crippen molar-refractivity contribution in [1.82, 2.24) is 4.57 Å². The van der Waals surface area contributed by atoms with Crippen molar-refractivity contribution in [1.29, 1.82) is 0 Å². The number of Topliss-reactive ketones (excluding diaryl/α,β-unsaturated/α-hetero) is 1. The van der Waals surface area contributed by atoms with Gasteiger partial charge in [0.25, 0.3) is 0 Å². The fourth-order valence-electron chi connectivity index (χ4n) is 2.34. The van der Waals surface area contributed by atoms with Crippen LogP contribution in [0, 0.1) is 0 Å². The van der Waals surface area contributed by atoms with Gasteiger partial charge in [-0.1, -0.05) is 12.1 Å². The van der Waals surface area contributed by atoms with Gasteiger partial charge in [-0.05, 0) is 36.4 Å². The van der Waals surface area contributed by atoms with Crippen molar-refractivity contribution >= 4 is 22.9 Å². The zero-order chi connectivity index (χ0) is 17.8. The molecule has 7 heteroatoms. The number of aromatic nitrogens is 1. The molecule has 1 aromatic heterocycles. The van der Waals surface area contributed by atoms with Crippen molar-refractivity contribution in [2.45, 2.75) is 6.54 Å². The molecule has 25 heavy (non-hydrogen) atoms. The van der Waals surface area contributed by atoms with Crippen LogP contribution in [0.15, 0.2) is 57.7 Å². The maximum atomic E-state index is 12.0. The average Bonchev–Trinajstić information content (AvgIpc) is 2.95. The number of ketones is 1. The molecule has 0 radical (unpaired) electrons. The van der Waals surface area contributed by atoms with Crippen LogP contribution >= 0.6 is 0 Å². The van der Waals surface area contributed by atoms with Gasteiger partial charge in [-0.3, -0.25) is 14.2 Å². The topological polar surface area (TPSA) is 87.7 Å². The van der Waals surface area contributed by atoms with E-state index in [0.717, 1.165) is 4.57 Å². The van der Waals surface area contributed by atoms with Crippen molar-refractivity contribution in [3.8, 4) is 5.75 Å². The Bertz CT molecular complexity index is 967. The smallest absolute Gasteiger partial charge is 0.420 e. The van der Waals surface area contributed by atoms with Gasteiger partial charge >= 0.3 is 11.7 Å². The van der Waals surface area contributed by atoms with Crippen LogP contribution < -0.4 is 10.5 Å². The second kappa shape index (κ2) is 7.04. The summed E-state index contributed by atoms with van der Waals surface area (Å²) in [6.07, 6.45) is 0. The Morgan fingerprint density at radius 1 is 1.08 bits per heavy atom. The maximum absolute atomic E-state index is 12.0. The molecule has 0 aliphatic rings. The number of ether oxygens (including phenoxy) is 2. The molecule has 1 heterocycles. The summed E-state index contributed by atoms with van der Waals surface area (Å²) in [7, 11) is 1.53. The Kier molecular flexibility index (Phi) is 4.65. The minimum absolute atomic E-state index is 0.328. The Morgan fingerprint density at radius 2 is 1.80 bits per heavy atom. The average molecular weight is 341 g/mol. The largest absolute Gasteiger partial charge is 0.497 e. The molecule has 3 aromatic rings. The quantitative estimate of drug-likeness (QED) is 0.503. The highest BCUT2D eigenvalue weighted by atomic mass is 16.5. The summed E-state index contributed by atoms with van der Waals surface area (Å²) in [5, 5.41) is 0. The van der Waals surface area contributed by atoms with Crippen LogP contribution in [0.25, 0.3) is 11.1 Å². The van der Waals surface area contributed by atoms with Crippen LogP contribution in [0.1, 0.15) is 10.4 Å². The van der Waals surface area contributed by atoms with Crippen molar-refractivity contribution in [2.75, 3.05) is 13.7 Å². The third kappa shape index (κ3) is 3.60. The van der Waals surface area contributed by atoms with E-state index in [0.29, 0.717) is 22.4 Å². The molecule has 0 aliphatic heterocycles. The molecule has 7 nitrogen and oxygen atoms in total. The van der Waals surface area contributed by atoms with Gasteiger partial charge in [0, 0.05) is 5.56 Å². The van der Waals surface area contributed by atoms with E-state index in [4.69, 9.17) is 13.9 Å². The van der Waals surface area contributed by atoms with Gasteiger partial charge in [-0.25, -0.2) is 4.79 Å². The highest BCUT2D eigenvalue weighted by Gasteiger charge is 2.15. The lowest BCUT2D eigenvalue weighted by atomic mass is 10.1. The lowest BCUT2D eigenvalue weighted by Crippen LogP contribution is -2.23. The first-order valence-corrected chi connectivity index (χ1v) is 7.50. The van der Waals surface area contributed by atoms with Crippen LogP contribution in [0.5, 0.6) is 5.75 Å². The van der Waals surface area contributed by atoms with Crippen molar-refractivity contribution in [3.05, 3.63) is 64.6 Å². The van der Waals surface area contributed by atoms with E-state index in [1.54, 1.807) is 48.5 Å². The summed E-state index contributed by atoms with van der Waals surface area (Å²) in [6.45, 7) is -0.735. The van der Waals surface area contributed by atoms with Gasteiger partial charge in [-0.15, -0.1) is 0 Å². The molecule has 3 rings (SSSR count). The molecule has 0 spiro atoms. The standard InChI is InChI=1S/C18H15NO6/c1-23-13-8-6-12(7-9-13)15(20)11-24-17(21)10-19-14-4-2-3-5-16(14)25-18(19)22/h2-9H,10-11H2,1H3. The highest BCUT2D eigenvalue weighted by Crippen LogP contribution is 2.13. The Labute approximate surface area is 142 Å². The van der Waals surface area contributed by atoms with Gasteiger partial charge in [0.05, 0.1) is 12.6 Å². The first kappa shape index (κ1) is 16.5. The van der Waals surface area contributed by atoms with Gasteiger partial charge in [0.15, 0.2) is 18.0 Å². The van der Waals surface area contributed by atoms with E-state index in [1.807, 2.05) is 0 Å². The Morgan fingerprint density at radius 3 is 2.52 bits per heavy atom. The number of para-hydroxylation sites is 2. The minimum Gasteiger partial charge on any atom is -0.497 e. The van der Waals surface area contributed by atoms with E-state index in [-0.39, 0.29) is 12.3 Å². The minimum atomic E-state index is -0.699. The van der Waals surface area contributed by atoms with Crippen LogP contribution in [0.3, 0.4) is 0 Å². The summed E-state index contributed by atoms with van der Waals surface area (Å²) >= 11 is 0. The molecule has 0 amide bonds. The monoisotopic (exact) mass is 341 g/mol. The third-order valence-electron chi connectivity index (χ3n) is 3.64. The molecule has 2 aromatic carbocycles. The van der Waals surface area contributed by atoms with Crippen LogP contribution in [0.4, 0.5) is 0 Å². The summed E-state index contributed by atoms with van der Waals surface area (Å²) < 4.78 is 16.2. The molecule has 0 saturated heterocycles. The number of esters is 1. The van der Waals surface area contributed by atoms with E-state index < -0.39 is 18.3 Å².